The Kier molecular flexibility index (Phi) is 7.18. The molecule has 0 radical (unpaired) electrons. The number of nitrogens with two attached hydrogens (primary N) is 1. The van der Waals surface area contributed by atoms with Crippen LogP contribution >= 0.6 is 0 Å². The average molecular weight is 581 g/mol. The van der Waals surface area contributed by atoms with Crippen molar-refractivity contribution in [2.45, 2.75) is 30.6 Å². The molecular formula is C24H27F3N8O4S. The number of hydrogen-bond acceptors (Lipinski definition) is 8. The van der Waals surface area contributed by atoms with E-state index in [1.54, 1.807) is 35.2 Å². The zero-order valence-corrected chi connectivity index (χ0v) is 22.0. The van der Waals surface area contributed by atoms with E-state index in [1.165, 1.54) is 16.4 Å². The predicted molar refractivity (Wildman–Crippen MR) is 137 cm³/mol. The molecule has 214 valence electrons. The number of anilines is 2. The number of carbonyl (C=O) groups is 1. The molecule has 2 aromatic carbocycles. The van der Waals surface area contributed by atoms with Gasteiger partial charge in [-0.1, -0.05) is 35.4 Å². The smallest absolute Gasteiger partial charge is 0.416 e. The van der Waals surface area contributed by atoms with Gasteiger partial charge in [-0.05, 0) is 41.5 Å². The molecule has 0 spiro atoms. The molecule has 1 aromatic heterocycles. The van der Waals surface area contributed by atoms with Gasteiger partial charge in [0.2, 0.25) is 0 Å². The summed E-state index contributed by atoms with van der Waals surface area (Å²) in [7, 11) is -4.31. The SMILES string of the molecule is Nc1nnn(CCN([C@]2(C(=O)O)C[C@H]2c2ccccc2)S(=O)(=O)N2CCN(c3ccc(C(F)(F)F)cc3)CC2)n1. The van der Waals surface area contributed by atoms with Gasteiger partial charge in [0.1, 0.15) is 5.54 Å². The maximum absolute atomic E-state index is 14.0. The van der Waals surface area contributed by atoms with Crippen molar-refractivity contribution >= 4 is 27.8 Å². The Morgan fingerprint density at radius 2 is 1.73 bits per heavy atom. The normalized spacial score (nSPS) is 22.0. The molecule has 5 rings (SSSR count). The van der Waals surface area contributed by atoms with E-state index in [1.807, 2.05) is 0 Å². The number of halogens is 3. The fraction of sp³-hybridized carbons (Fsp3) is 0.417. The van der Waals surface area contributed by atoms with Gasteiger partial charge < -0.3 is 15.7 Å². The fourth-order valence-electron chi connectivity index (χ4n) is 5.18. The first-order chi connectivity index (χ1) is 18.9. The number of benzene rings is 2. The molecule has 12 nitrogen and oxygen atoms in total. The summed E-state index contributed by atoms with van der Waals surface area (Å²) >= 11 is 0. The first-order valence-electron chi connectivity index (χ1n) is 12.4. The molecule has 0 bridgehead atoms. The number of alkyl halides is 3. The van der Waals surface area contributed by atoms with Crippen LogP contribution in [0.5, 0.6) is 0 Å². The van der Waals surface area contributed by atoms with Crippen LogP contribution in [0.2, 0.25) is 0 Å². The largest absolute Gasteiger partial charge is 0.480 e. The number of carboxylic acids is 1. The highest BCUT2D eigenvalue weighted by molar-refractivity contribution is 7.86. The van der Waals surface area contributed by atoms with E-state index >= 15 is 0 Å². The van der Waals surface area contributed by atoms with Gasteiger partial charge in [-0.15, -0.1) is 5.10 Å². The Hall–Kier alpha value is -3.76. The van der Waals surface area contributed by atoms with Crippen molar-refractivity contribution < 1.29 is 31.5 Å². The summed E-state index contributed by atoms with van der Waals surface area (Å²) in [6, 6.07) is 13.5. The van der Waals surface area contributed by atoms with Crippen LogP contribution in [0.4, 0.5) is 24.8 Å². The van der Waals surface area contributed by atoms with Gasteiger partial charge in [0.15, 0.2) is 0 Å². The van der Waals surface area contributed by atoms with Gasteiger partial charge in [-0.25, -0.2) is 0 Å². The van der Waals surface area contributed by atoms with Crippen molar-refractivity contribution in [1.29, 1.82) is 0 Å². The number of hydrogen-bond donors (Lipinski definition) is 2. The molecule has 2 atom stereocenters. The molecule has 2 aliphatic rings. The van der Waals surface area contributed by atoms with Gasteiger partial charge in [0, 0.05) is 44.3 Å². The van der Waals surface area contributed by atoms with Gasteiger partial charge in [0.05, 0.1) is 12.1 Å². The second-order valence-electron chi connectivity index (χ2n) is 9.65. The molecule has 16 heteroatoms. The summed E-state index contributed by atoms with van der Waals surface area (Å²) in [5.74, 6) is -1.93. The average Bonchev–Trinajstić information content (AvgIpc) is 3.55. The molecule has 0 amide bonds. The highest BCUT2D eigenvalue weighted by Crippen LogP contribution is 2.57. The highest BCUT2D eigenvalue weighted by Gasteiger charge is 2.68. The summed E-state index contributed by atoms with van der Waals surface area (Å²) in [6.07, 6.45) is -4.37. The van der Waals surface area contributed by atoms with Crippen LogP contribution in [0.25, 0.3) is 0 Å². The minimum atomic E-state index is -4.46. The Bertz CT molecular complexity index is 1460. The Labute approximate surface area is 227 Å². The van der Waals surface area contributed by atoms with Gasteiger partial charge in [-0.3, -0.25) is 4.79 Å². The number of carboxylic acid groups (broad SMARTS) is 1. The lowest BCUT2D eigenvalue weighted by Crippen LogP contribution is -2.58. The summed E-state index contributed by atoms with van der Waals surface area (Å²) in [5, 5.41) is 21.6. The van der Waals surface area contributed by atoms with Crippen molar-refractivity contribution in [3.63, 3.8) is 0 Å². The molecule has 2 heterocycles. The zero-order chi connectivity index (χ0) is 28.7. The summed E-state index contributed by atoms with van der Waals surface area (Å²) in [4.78, 5) is 15.6. The lowest BCUT2D eigenvalue weighted by Gasteiger charge is -2.39. The third-order valence-corrected chi connectivity index (χ3v) is 9.41. The molecule has 1 aliphatic heterocycles. The lowest BCUT2D eigenvalue weighted by molar-refractivity contribution is -0.143. The fourth-order valence-corrected chi connectivity index (χ4v) is 7.09. The van der Waals surface area contributed by atoms with E-state index < -0.39 is 39.4 Å². The molecule has 1 aliphatic carbocycles. The standard InChI is InChI=1S/C24H27F3N8O4S/c25-24(26,27)18-6-8-19(9-7-18)32-10-12-33(13-11-32)40(38,39)34(14-15-35-30-22(28)29-31-35)23(21(36)37)16-20(23)17-4-2-1-3-5-17/h1-9,20H,10-16H2,(H2,28,30)(H,36,37)/t20-,23+/m0/s1. The molecule has 3 aromatic rings. The van der Waals surface area contributed by atoms with E-state index in [0.29, 0.717) is 11.3 Å². The van der Waals surface area contributed by atoms with Crippen molar-refractivity contribution in [2.75, 3.05) is 43.4 Å². The minimum Gasteiger partial charge on any atom is -0.480 e. The van der Waals surface area contributed by atoms with Crippen molar-refractivity contribution in [2.24, 2.45) is 0 Å². The number of piperazine rings is 1. The quantitative estimate of drug-likeness (QED) is 0.385. The molecule has 1 saturated carbocycles. The third kappa shape index (κ3) is 5.21. The van der Waals surface area contributed by atoms with E-state index in [9.17, 15) is 31.5 Å². The first kappa shape index (κ1) is 27.8. The summed E-state index contributed by atoms with van der Waals surface area (Å²) in [5.41, 5.74) is 4.28. The maximum Gasteiger partial charge on any atom is 0.416 e. The molecule has 3 N–H and O–H groups in total. The van der Waals surface area contributed by atoms with Crippen LogP contribution in [0.1, 0.15) is 23.5 Å². The molecular weight excluding hydrogens is 553 g/mol. The number of nitrogen functional groups attached to an aromatic ring is 1. The van der Waals surface area contributed by atoms with E-state index in [-0.39, 0.29) is 51.6 Å². The van der Waals surface area contributed by atoms with Gasteiger partial charge >= 0.3 is 12.1 Å². The highest BCUT2D eigenvalue weighted by atomic mass is 32.2. The minimum absolute atomic E-state index is 0.0140. The monoisotopic (exact) mass is 580 g/mol. The number of nitrogens with zero attached hydrogens (tertiary/aromatic N) is 7. The van der Waals surface area contributed by atoms with Crippen LogP contribution in [-0.2, 0) is 27.7 Å². The number of aromatic nitrogens is 4. The van der Waals surface area contributed by atoms with Crippen LogP contribution in [0.15, 0.2) is 54.6 Å². The topological polar surface area (TPSA) is 151 Å². The molecule has 1 saturated heterocycles. The van der Waals surface area contributed by atoms with E-state index in [2.05, 4.69) is 15.4 Å². The molecule has 0 unspecified atom stereocenters. The van der Waals surface area contributed by atoms with Crippen molar-refractivity contribution in [1.82, 2.24) is 28.8 Å². The zero-order valence-electron chi connectivity index (χ0n) is 21.1. The summed E-state index contributed by atoms with van der Waals surface area (Å²) < 4.78 is 69.1. The molecule has 2 fully saturated rings. The number of tetrazole rings is 1. The van der Waals surface area contributed by atoms with Crippen LogP contribution in [0.3, 0.4) is 0 Å². The van der Waals surface area contributed by atoms with Gasteiger partial charge in [0.25, 0.3) is 16.2 Å². The maximum atomic E-state index is 14.0. The number of rotatable bonds is 9. The van der Waals surface area contributed by atoms with Crippen LogP contribution < -0.4 is 10.6 Å². The van der Waals surface area contributed by atoms with Crippen molar-refractivity contribution in [3.8, 4) is 0 Å². The second kappa shape index (κ2) is 10.3. The molecule has 40 heavy (non-hydrogen) atoms. The summed E-state index contributed by atoms with van der Waals surface area (Å²) in [6.45, 7) is 0.127. The van der Waals surface area contributed by atoms with Crippen LogP contribution in [-0.4, -0.2) is 86.6 Å². The predicted octanol–water partition coefficient (Wildman–Crippen LogP) is 1.65. The Morgan fingerprint density at radius 3 is 2.27 bits per heavy atom. The van der Waals surface area contributed by atoms with Crippen molar-refractivity contribution in [3.05, 3.63) is 65.7 Å². The number of aliphatic carboxylic acids is 1. The lowest BCUT2D eigenvalue weighted by atomic mass is 10.1. The van der Waals surface area contributed by atoms with Crippen LogP contribution in [0, 0.1) is 0 Å². The van der Waals surface area contributed by atoms with Gasteiger partial charge in [-0.2, -0.15) is 35.0 Å². The van der Waals surface area contributed by atoms with E-state index in [0.717, 1.165) is 21.2 Å². The Balaban J connectivity index is 1.38. The third-order valence-electron chi connectivity index (χ3n) is 7.32. The second-order valence-corrected chi connectivity index (χ2v) is 11.5. The first-order valence-corrected chi connectivity index (χ1v) is 13.8. The van der Waals surface area contributed by atoms with E-state index in [4.69, 9.17) is 5.73 Å². The Morgan fingerprint density at radius 1 is 1.07 bits per heavy atom.